The molecule has 9 heteroatoms. The average molecular weight is 340 g/mol. The number of hydrogen-bond acceptors (Lipinski definition) is 6. The second-order valence-corrected chi connectivity index (χ2v) is 5.84. The molecule has 0 bridgehead atoms. The first-order chi connectivity index (χ1) is 12.2. The molecule has 1 N–H and O–H groups in total. The van der Waals surface area contributed by atoms with Crippen molar-refractivity contribution in [1.29, 1.82) is 0 Å². The fourth-order valence-corrected chi connectivity index (χ4v) is 3.07. The highest BCUT2D eigenvalue weighted by Gasteiger charge is 2.33. The summed E-state index contributed by atoms with van der Waals surface area (Å²) < 4.78 is 6.97. The van der Waals surface area contributed by atoms with E-state index in [2.05, 4.69) is 20.1 Å². The van der Waals surface area contributed by atoms with Gasteiger partial charge in [-0.05, 0) is 25.0 Å². The van der Waals surface area contributed by atoms with Crippen LogP contribution in [0.3, 0.4) is 0 Å². The molecule has 1 aliphatic heterocycles. The number of rotatable bonds is 4. The van der Waals surface area contributed by atoms with Crippen molar-refractivity contribution in [2.24, 2.45) is 0 Å². The standard InChI is InChI=1S/C16H16N6O3/c23-15-11(7-18-14(20-15)8-21-10-17-9-19-21)16(24)22-5-1-3-12(22)13-4-2-6-25-13/h2,4,6-7,9-10,12H,1,3,5,8H2,(H,18,20,23). The summed E-state index contributed by atoms with van der Waals surface area (Å²) in [6.45, 7) is 0.868. The Morgan fingerprint density at radius 3 is 3.08 bits per heavy atom. The second-order valence-electron chi connectivity index (χ2n) is 5.84. The number of furan rings is 1. The Bertz CT molecular complexity index is 916. The van der Waals surface area contributed by atoms with Gasteiger partial charge in [-0.15, -0.1) is 0 Å². The predicted molar refractivity (Wildman–Crippen MR) is 85.7 cm³/mol. The van der Waals surface area contributed by atoms with E-state index >= 15 is 0 Å². The highest BCUT2D eigenvalue weighted by molar-refractivity contribution is 5.94. The maximum atomic E-state index is 12.8. The van der Waals surface area contributed by atoms with E-state index < -0.39 is 5.56 Å². The Morgan fingerprint density at radius 1 is 1.44 bits per heavy atom. The third-order valence-electron chi connectivity index (χ3n) is 4.25. The van der Waals surface area contributed by atoms with Gasteiger partial charge < -0.3 is 14.3 Å². The van der Waals surface area contributed by atoms with Gasteiger partial charge in [-0.25, -0.2) is 14.6 Å². The number of aromatic nitrogens is 5. The maximum Gasteiger partial charge on any atom is 0.263 e. The van der Waals surface area contributed by atoms with Crippen LogP contribution >= 0.6 is 0 Å². The summed E-state index contributed by atoms with van der Waals surface area (Å²) in [5.41, 5.74) is -0.430. The van der Waals surface area contributed by atoms with Gasteiger partial charge in [0.15, 0.2) is 0 Å². The molecule has 25 heavy (non-hydrogen) atoms. The fourth-order valence-electron chi connectivity index (χ4n) is 3.07. The van der Waals surface area contributed by atoms with Gasteiger partial charge in [-0.2, -0.15) is 5.10 Å². The molecule has 1 amide bonds. The minimum absolute atomic E-state index is 0.0285. The Balaban J connectivity index is 1.56. The lowest BCUT2D eigenvalue weighted by Gasteiger charge is -2.22. The largest absolute Gasteiger partial charge is 0.467 e. The van der Waals surface area contributed by atoms with E-state index in [-0.39, 0.29) is 24.1 Å². The zero-order chi connectivity index (χ0) is 17.2. The number of hydrogen-bond donors (Lipinski definition) is 1. The fraction of sp³-hybridized carbons (Fsp3) is 0.312. The molecule has 0 radical (unpaired) electrons. The first kappa shape index (κ1) is 15.3. The van der Waals surface area contributed by atoms with Crippen molar-refractivity contribution in [1.82, 2.24) is 29.6 Å². The Morgan fingerprint density at radius 2 is 2.36 bits per heavy atom. The smallest absolute Gasteiger partial charge is 0.263 e. The Hall–Kier alpha value is -3.23. The van der Waals surface area contributed by atoms with E-state index in [9.17, 15) is 9.59 Å². The van der Waals surface area contributed by atoms with E-state index in [1.165, 1.54) is 23.5 Å². The molecule has 3 aromatic rings. The van der Waals surface area contributed by atoms with Crippen molar-refractivity contribution in [3.8, 4) is 0 Å². The molecule has 3 aromatic heterocycles. The lowest BCUT2D eigenvalue weighted by atomic mass is 10.1. The minimum atomic E-state index is -0.458. The average Bonchev–Trinajstić information content (AvgIpc) is 3.36. The van der Waals surface area contributed by atoms with Crippen LogP contribution in [0.2, 0.25) is 0 Å². The number of likely N-dealkylation sites (tertiary alicyclic amines) is 1. The molecule has 4 rings (SSSR count). The first-order valence-electron chi connectivity index (χ1n) is 7.97. The summed E-state index contributed by atoms with van der Waals surface area (Å²) in [5.74, 6) is 0.814. The van der Waals surface area contributed by atoms with Crippen LogP contribution in [0.4, 0.5) is 0 Å². The van der Waals surface area contributed by atoms with Crippen LogP contribution in [0.5, 0.6) is 0 Å². The molecule has 4 heterocycles. The van der Waals surface area contributed by atoms with Crippen molar-refractivity contribution in [2.75, 3.05) is 6.54 Å². The molecular weight excluding hydrogens is 324 g/mol. The van der Waals surface area contributed by atoms with Crippen LogP contribution in [0.1, 0.15) is 40.8 Å². The molecule has 128 valence electrons. The number of amides is 1. The molecule has 1 unspecified atom stereocenters. The monoisotopic (exact) mass is 340 g/mol. The maximum absolute atomic E-state index is 12.8. The summed E-state index contributed by atoms with van der Waals surface area (Å²) in [7, 11) is 0. The van der Waals surface area contributed by atoms with Gasteiger partial charge in [0.05, 0.1) is 12.3 Å². The number of nitrogens with zero attached hydrogens (tertiary/aromatic N) is 5. The molecule has 1 atom stereocenters. The first-order valence-corrected chi connectivity index (χ1v) is 7.97. The van der Waals surface area contributed by atoms with Crippen molar-refractivity contribution in [3.63, 3.8) is 0 Å². The van der Waals surface area contributed by atoms with Crippen molar-refractivity contribution < 1.29 is 9.21 Å². The lowest BCUT2D eigenvalue weighted by Crippen LogP contribution is -2.35. The van der Waals surface area contributed by atoms with E-state index in [4.69, 9.17) is 4.42 Å². The summed E-state index contributed by atoms with van der Waals surface area (Å²) in [5, 5.41) is 3.96. The molecule has 1 saturated heterocycles. The molecule has 0 aliphatic carbocycles. The number of carbonyl (C=O) groups is 1. The number of H-pyrrole nitrogens is 1. The normalized spacial score (nSPS) is 17.1. The van der Waals surface area contributed by atoms with Crippen molar-refractivity contribution in [2.45, 2.75) is 25.4 Å². The van der Waals surface area contributed by atoms with Gasteiger partial charge in [0.2, 0.25) is 0 Å². The Labute approximate surface area is 142 Å². The van der Waals surface area contributed by atoms with Gasteiger partial charge >= 0.3 is 0 Å². The summed E-state index contributed by atoms with van der Waals surface area (Å²) in [6, 6.07) is 3.50. The second kappa shape index (κ2) is 6.34. The Kier molecular flexibility index (Phi) is 3.88. The lowest BCUT2D eigenvalue weighted by molar-refractivity contribution is 0.0717. The van der Waals surface area contributed by atoms with E-state index in [1.54, 1.807) is 17.2 Å². The van der Waals surface area contributed by atoms with Crippen LogP contribution in [-0.4, -0.2) is 42.1 Å². The van der Waals surface area contributed by atoms with E-state index in [1.807, 2.05) is 6.07 Å². The topological polar surface area (TPSA) is 110 Å². The summed E-state index contributed by atoms with van der Waals surface area (Å²) in [4.78, 5) is 37.5. The molecule has 9 nitrogen and oxygen atoms in total. The molecule has 0 spiro atoms. The molecule has 1 fully saturated rings. The molecular formula is C16H16N6O3. The molecule has 0 saturated carbocycles. The SMILES string of the molecule is O=C(c1cnc(Cn2cncn2)[nH]c1=O)N1CCCC1c1ccco1. The van der Waals surface area contributed by atoms with E-state index in [0.29, 0.717) is 12.4 Å². The quantitative estimate of drug-likeness (QED) is 0.758. The minimum Gasteiger partial charge on any atom is -0.467 e. The zero-order valence-corrected chi connectivity index (χ0v) is 13.3. The van der Waals surface area contributed by atoms with Gasteiger partial charge in [-0.1, -0.05) is 0 Å². The van der Waals surface area contributed by atoms with Crippen LogP contribution in [0, 0.1) is 0 Å². The van der Waals surface area contributed by atoms with Gasteiger partial charge in [0.25, 0.3) is 11.5 Å². The zero-order valence-electron chi connectivity index (χ0n) is 13.3. The van der Waals surface area contributed by atoms with Gasteiger partial charge in [0, 0.05) is 12.7 Å². The number of nitrogens with one attached hydrogen (secondary N) is 1. The van der Waals surface area contributed by atoms with Crippen LogP contribution in [0.25, 0.3) is 0 Å². The highest BCUT2D eigenvalue weighted by atomic mass is 16.3. The van der Waals surface area contributed by atoms with Crippen molar-refractivity contribution in [3.05, 3.63) is 64.7 Å². The van der Waals surface area contributed by atoms with Crippen LogP contribution in [-0.2, 0) is 6.54 Å². The van der Waals surface area contributed by atoms with Gasteiger partial charge in [-0.3, -0.25) is 9.59 Å². The summed E-state index contributed by atoms with van der Waals surface area (Å²) in [6.07, 6.45) is 7.52. The summed E-state index contributed by atoms with van der Waals surface area (Å²) >= 11 is 0. The highest BCUT2D eigenvalue weighted by Crippen LogP contribution is 2.32. The third-order valence-corrected chi connectivity index (χ3v) is 4.25. The van der Waals surface area contributed by atoms with Crippen LogP contribution in [0.15, 0.2) is 46.5 Å². The van der Waals surface area contributed by atoms with Gasteiger partial charge in [0.1, 0.15) is 36.3 Å². The molecule has 1 aliphatic rings. The predicted octanol–water partition coefficient (Wildman–Crippen LogP) is 0.980. The van der Waals surface area contributed by atoms with Crippen LogP contribution < -0.4 is 5.56 Å². The molecule has 0 aromatic carbocycles. The number of carbonyl (C=O) groups excluding carboxylic acids is 1. The number of aromatic amines is 1. The van der Waals surface area contributed by atoms with E-state index in [0.717, 1.165) is 18.6 Å². The third kappa shape index (κ3) is 2.95. The van der Waals surface area contributed by atoms with Crippen molar-refractivity contribution >= 4 is 5.91 Å².